The number of benzene rings is 1. The van der Waals surface area contributed by atoms with E-state index in [1.54, 1.807) is 29.2 Å². The van der Waals surface area contributed by atoms with Gasteiger partial charge >= 0.3 is 5.69 Å². The van der Waals surface area contributed by atoms with Gasteiger partial charge in [0.1, 0.15) is 11.6 Å². The largest absolute Gasteiger partial charge is 0.378 e. The number of halogens is 2. The van der Waals surface area contributed by atoms with Gasteiger partial charge in [-0.1, -0.05) is 58.0 Å². The summed E-state index contributed by atoms with van der Waals surface area (Å²) >= 11 is 6.91. The Labute approximate surface area is 290 Å². The number of rotatable bonds is 7. The van der Waals surface area contributed by atoms with E-state index in [0.717, 1.165) is 0 Å². The molecule has 258 valence electrons. The maximum Gasteiger partial charge on any atom is 0.355 e. The Morgan fingerprint density at radius 3 is 2.27 bits per heavy atom. The predicted molar refractivity (Wildman–Crippen MR) is 191 cm³/mol. The van der Waals surface area contributed by atoms with Gasteiger partial charge in [0.15, 0.2) is 5.65 Å². The predicted octanol–water partition coefficient (Wildman–Crippen LogP) is 5.73. The van der Waals surface area contributed by atoms with Crippen molar-refractivity contribution in [2.45, 2.75) is 65.5 Å². The van der Waals surface area contributed by atoms with Crippen LogP contribution in [0.5, 0.6) is 0 Å². The first-order valence-electron chi connectivity index (χ1n) is 16.7. The van der Waals surface area contributed by atoms with E-state index in [4.69, 9.17) is 36.3 Å². The average molecular weight is 689 g/mol. The van der Waals surface area contributed by atoms with Crippen molar-refractivity contribution in [3.05, 3.63) is 75.7 Å². The fourth-order valence-electron chi connectivity index (χ4n) is 6.63. The summed E-state index contributed by atoms with van der Waals surface area (Å²) in [6.07, 6.45) is 1.31. The first-order valence-corrected chi connectivity index (χ1v) is 17.1. The van der Waals surface area contributed by atoms with Gasteiger partial charge in [0.25, 0.3) is 0 Å². The van der Waals surface area contributed by atoms with Crippen molar-refractivity contribution in [3.63, 3.8) is 0 Å². The van der Waals surface area contributed by atoms with E-state index >= 15 is 4.39 Å². The molecule has 2 atom stereocenters. The maximum atomic E-state index is 15.3. The van der Waals surface area contributed by atoms with Gasteiger partial charge in [0.05, 0.1) is 46.4 Å². The molecule has 0 radical (unpaired) electrons. The van der Waals surface area contributed by atoms with Crippen molar-refractivity contribution >= 4 is 40.3 Å². The van der Waals surface area contributed by atoms with E-state index in [2.05, 4.69) is 11.5 Å². The SMILES string of the molecule is C=CC(=O)N1C[C@H](C)N(c2nc(=O)n(-c3c(C(C)C)nc(N4CCOCC4)nc3C(C)C)c3nc(-c4ccccc4F)c(Cl)cc23)C[C@H]1C. The third kappa shape index (κ3) is 6.39. The molecule has 2 aliphatic rings. The highest BCUT2D eigenvalue weighted by atomic mass is 35.5. The minimum absolute atomic E-state index is 0.105. The molecular formula is C36H42ClFN8O3. The standard InChI is InChI=1S/C36H42ClFN8O3/c1-8-28(47)44-18-23(7)45(19-22(44)6)33-25-17-26(37)31(24-11-9-10-12-27(24)38)39-34(25)46(36(48)42-33)32-29(20(2)3)40-35(41-30(32)21(4)5)43-13-15-49-16-14-43/h8-12,17,20-23H,1,13-16,18-19H2,2-7H3/t22-,23+/m1/s1. The third-order valence-corrected chi connectivity index (χ3v) is 9.47. The zero-order chi connectivity index (χ0) is 35.1. The van der Waals surface area contributed by atoms with E-state index in [9.17, 15) is 9.59 Å². The van der Waals surface area contributed by atoms with E-state index in [1.165, 1.54) is 16.7 Å². The number of carbonyl (C=O) groups is 1. The van der Waals surface area contributed by atoms with Crippen LogP contribution in [0.4, 0.5) is 16.2 Å². The molecule has 49 heavy (non-hydrogen) atoms. The summed E-state index contributed by atoms with van der Waals surface area (Å²) in [6, 6.07) is 7.58. The Balaban J connectivity index is 1.66. The first-order chi connectivity index (χ1) is 23.4. The normalized spacial score (nSPS) is 18.5. The minimum atomic E-state index is -0.576. The molecule has 0 N–H and O–H groups in total. The second kappa shape index (κ2) is 13.8. The number of aromatic nitrogens is 5. The molecule has 1 amide bonds. The Hall–Kier alpha value is -4.42. The number of pyridine rings is 1. The first kappa shape index (κ1) is 34.4. The lowest BCUT2D eigenvalue weighted by molar-refractivity contribution is -0.128. The lowest BCUT2D eigenvalue weighted by atomic mass is 10.0. The molecule has 0 saturated carbocycles. The van der Waals surface area contributed by atoms with Crippen molar-refractivity contribution in [1.29, 1.82) is 0 Å². The van der Waals surface area contributed by atoms with Gasteiger partial charge in [-0.05, 0) is 50.0 Å². The van der Waals surface area contributed by atoms with Crippen LogP contribution in [0.15, 0.2) is 47.8 Å². The Morgan fingerprint density at radius 2 is 1.65 bits per heavy atom. The van der Waals surface area contributed by atoms with Crippen molar-refractivity contribution in [2.75, 3.05) is 49.2 Å². The van der Waals surface area contributed by atoms with Crippen molar-refractivity contribution in [1.82, 2.24) is 29.4 Å². The second-order valence-electron chi connectivity index (χ2n) is 13.3. The number of morpholine rings is 1. The number of anilines is 2. The van der Waals surface area contributed by atoms with Crippen LogP contribution in [0, 0.1) is 5.82 Å². The van der Waals surface area contributed by atoms with Gasteiger partial charge in [-0.2, -0.15) is 4.98 Å². The smallest absolute Gasteiger partial charge is 0.355 e. The summed E-state index contributed by atoms with van der Waals surface area (Å²) in [5.41, 5.74) is 1.93. The molecule has 2 aliphatic heterocycles. The lowest BCUT2D eigenvalue weighted by Gasteiger charge is -2.44. The summed E-state index contributed by atoms with van der Waals surface area (Å²) in [5.74, 6) is 0.111. The van der Waals surface area contributed by atoms with Gasteiger partial charge in [-0.25, -0.2) is 28.7 Å². The van der Waals surface area contributed by atoms with Crippen molar-refractivity contribution < 1.29 is 13.9 Å². The molecule has 0 unspecified atom stereocenters. The van der Waals surface area contributed by atoms with E-state index < -0.39 is 11.5 Å². The van der Waals surface area contributed by atoms with Gasteiger partial charge in [0.2, 0.25) is 11.9 Å². The van der Waals surface area contributed by atoms with Crippen LogP contribution in [-0.2, 0) is 9.53 Å². The molecule has 2 fully saturated rings. The fourth-order valence-corrected chi connectivity index (χ4v) is 6.88. The average Bonchev–Trinajstić information content (AvgIpc) is 3.08. The number of ether oxygens (including phenoxy) is 1. The number of amides is 1. The van der Waals surface area contributed by atoms with Gasteiger partial charge in [0, 0.05) is 43.8 Å². The zero-order valence-corrected chi connectivity index (χ0v) is 29.5. The third-order valence-electron chi connectivity index (χ3n) is 9.18. The fraction of sp³-hybridized carbons (Fsp3) is 0.444. The Bertz CT molecular complexity index is 1950. The van der Waals surface area contributed by atoms with E-state index in [-0.39, 0.29) is 51.8 Å². The van der Waals surface area contributed by atoms with Crippen molar-refractivity contribution in [2.24, 2.45) is 0 Å². The highest BCUT2D eigenvalue weighted by molar-refractivity contribution is 6.33. The molecule has 0 aliphatic carbocycles. The van der Waals surface area contributed by atoms with Crippen LogP contribution in [0.2, 0.25) is 5.02 Å². The molecule has 13 heteroatoms. The maximum absolute atomic E-state index is 15.3. The molecule has 6 rings (SSSR count). The van der Waals surface area contributed by atoms with Crippen LogP contribution in [0.3, 0.4) is 0 Å². The molecule has 3 aromatic heterocycles. The zero-order valence-electron chi connectivity index (χ0n) is 28.8. The minimum Gasteiger partial charge on any atom is -0.378 e. The number of nitrogens with zero attached hydrogens (tertiary/aromatic N) is 8. The molecular weight excluding hydrogens is 647 g/mol. The Kier molecular flexibility index (Phi) is 9.72. The summed E-state index contributed by atoms with van der Waals surface area (Å²) in [4.78, 5) is 52.8. The van der Waals surface area contributed by atoms with Gasteiger partial charge in [-0.3, -0.25) is 4.79 Å². The molecule has 5 heterocycles. The van der Waals surface area contributed by atoms with E-state index in [1.807, 2.05) is 46.4 Å². The van der Waals surface area contributed by atoms with Crippen LogP contribution in [-0.4, -0.2) is 86.8 Å². The molecule has 4 aromatic rings. The molecule has 0 bridgehead atoms. The summed E-state index contributed by atoms with van der Waals surface area (Å²) in [6.45, 7) is 18.9. The monoisotopic (exact) mass is 688 g/mol. The molecule has 11 nitrogen and oxygen atoms in total. The number of hydrogen-bond acceptors (Lipinski definition) is 9. The lowest BCUT2D eigenvalue weighted by Crippen LogP contribution is -2.58. The van der Waals surface area contributed by atoms with Crippen LogP contribution < -0.4 is 15.5 Å². The topological polar surface area (TPSA) is 110 Å². The van der Waals surface area contributed by atoms with Gasteiger partial charge in [-0.15, -0.1) is 0 Å². The summed E-state index contributed by atoms with van der Waals surface area (Å²) < 4.78 is 22.3. The summed E-state index contributed by atoms with van der Waals surface area (Å²) in [5, 5.41) is 0.716. The van der Waals surface area contributed by atoms with Crippen molar-refractivity contribution in [3.8, 4) is 16.9 Å². The van der Waals surface area contributed by atoms with Crippen LogP contribution >= 0.6 is 11.6 Å². The second-order valence-corrected chi connectivity index (χ2v) is 13.7. The number of fused-ring (bicyclic) bond motifs is 1. The highest BCUT2D eigenvalue weighted by Crippen LogP contribution is 2.38. The van der Waals surface area contributed by atoms with Crippen LogP contribution in [0.1, 0.15) is 64.8 Å². The molecule has 1 aromatic carbocycles. The van der Waals surface area contributed by atoms with Crippen LogP contribution in [0.25, 0.3) is 28.0 Å². The Morgan fingerprint density at radius 1 is 1.00 bits per heavy atom. The molecule has 0 spiro atoms. The quantitative estimate of drug-likeness (QED) is 0.225. The number of hydrogen-bond donors (Lipinski definition) is 0. The summed E-state index contributed by atoms with van der Waals surface area (Å²) in [7, 11) is 0. The number of piperazine rings is 1. The number of carbonyl (C=O) groups excluding carboxylic acids is 1. The highest BCUT2D eigenvalue weighted by Gasteiger charge is 2.35. The van der Waals surface area contributed by atoms with Gasteiger partial charge < -0.3 is 19.4 Å². The van der Waals surface area contributed by atoms with E-state index in [0.29, 0.717) is 73.6 Å². The molecule has 2 saturated heterocycles.